The largest absolute Gasteiger partial charge is 0.396 e. The molecule has 0 bridgehead atoms. The molecule has 0 aliphatic rings. The smallest absolute Gasteiger partial charge is 0.0587 e. The van der Waals surface area contributed by atoms with Crippen molar-refractivity contribution in [3.05, 3.63) is 0 Å². The number of methoxy groups -OCH3 is 1. The molecule has 0 saturated carbocycles. The highest BCUT2D eigenvalue weighted by Crippen LogP contribution is 1.87. The predicted octanol–water partition coefficient (Wildman–Crippen LogP) is -0.149. The van der Waals surface area contributed by atoms with Crippen LogP contribution in [0.1, 0.15) is 6.92 Å². The summed E-state index contributed by atoms with van der Waals surface area (Å²) in [5.41, 5.74) is 0. The number of ether oxygens (including phenoxy) is 1. The Bertz CT molecular complexity index is 68.6. The topological polar surface area (TPSA) is 41.5 Å². The maximum absolute atomic E-state index is 8.62. The van der Waals surface area contributed by atoms with Crippen molar-refractivity contribution in [2.24, 2.45) is 5.92 Å². The highest BCUT2D eigenvalue weighted by Gasteiger charge is 1.96. The molecular weight excluding hydrogens is 130 g/mol. The van der Waals surface area contributed by atoms with Crippen LogP contribution in [0.15, 0.2) is 0 Å². The minimum Gasteiger partial charge on any atom is -0.396 e. The van der Waals surface area contributed by atoms with Crippen molar-refractivity contribution < 1.29 is 9.84 Å². The van der Waals surface area contributed by atoms with Gasteiger partial charge >= 0.3 is 0 Å². The van der Waals surface area contributed by atoms with Gasteiger partial charge in [-0.2, -0.15) is 0 Å². The molecule has 0 aromatic carbocycles. The van der Waals surface area contributed by atoms with E-state index in [1.54, 1.807) is 7.11 Å². The molecule has 3 heteroatoms. The Kier molecular flexibility index (Phi) is 6.91. The molecule has 0 heterocycles. The molecular formula is C7H17NO2. The lowest BCUT2D eigenvalue weighted by Crippen LogP contribution is -2.26. The predicted molar refractivity (Wildman–Crippen MR) is 41.0 cm³/mol. The summed E-state index contributed by atoms with van der Waals surface area (Å²) >= 11 is 0. The molecule has 0 amide bonds. The van der Waals surface area contributed by atoms with E-state index in [1.165, 1.54) is 0 Å². The average molecular weight is 147 g/mol. The highest BCUT2D eigenvalue weighted by molar-refractivity contribution is 4.53. The van der Waals surface area contributed by atoms with Crippen LogP contribution in [0.3, 0.4) is 0 Å². The summed E-state index contributed by atoms with van der Waals surface area (Å²) in [6.07, 6.45) is 0. The lowest BCUT2D eigenvalue weighted by molar-refractivity contribution is 0.192. The van der Waals surface area contributed by atoms with Crippen LogP contribution in [-0.4, -0.2) is 38.5 Å². The molecule has 0 saturated heterocycles. The second-order valence-electron chi connectivity index (χ2n) is 2.48. The van der Waals surface area contributed by atoms with Gasteiger partial charge in [-0.25, -0.2) is 0 Å². The number of aliphatic hydroxyl groups is 1. The average Bonchev–Trinajstić information content (AvgIpc) is 1.98. The van der Waals surface area contributed by atoms with Gasteiger partial charge in [-0.05, 0) is 12.5 Å². The highest BCUT2D eigenvalue weighted by atomic mass is 16.5. The van der Waals surface area contributed by atoms with Crippen molar-refractivity contribution in [2.75, 3.05) is 33.4 Å². The molecule has 0 fully saturated rings. The summed E-state index contributed by atoms with van der Waals surface area (Å²) in [5, 5.41) is 11.8. The Labute approximate surface area is 62.4 Å². The first kappa shape index (κ1) is 9.88. The lowest BCUT2D eigenvalue weighted by Gasteiger charge is -2.08. The summed E-state index contributed by atoms with van der Waals surface area (Å²) in [4.78, 5) is 0. The molecule has 0 spiro atoms. The monoisotopic (exact) mass is 147 g/mol. The van der Waals surface area contributed by atoms with Gasteiger partial charge in [0.15, 0.2) is 0 Å². The molecule has 0 rings (SSSR count). The third-order valence-electron chi connectivity index (χ3n) is 1.29. The van der Waals surface area contributed by atoms with Gasteiger partial charge in [0.25, 0.3) is 0 Å². The maximum Gasteiger partial charge on any atom is 0.0587 e. The number of hydrogen-bond acceptors (Lipinski definition) is 3. The fraction of sp³-hybridized carbons (Fsp3) is 1.00. The minimum atomic E-state index is 0.250. The first-order chi connectivity index (χ1) is 4.81. The van der Waals surface area contributed by atoms with E-state index in [1.807, 2.05) is 6.92 Å². The maximum atomic E-state index is 8.62. The quantitative estimate of drug-likeness (QED) is 0.513. The zero-order valence-corrected chi connectivity index (χ0v) is 6.76. The van der Waals surface area contributed by atoms with E-state index in [-0.39, 0.29) is 6.61 Å². The molecule has 10 heavy (non-hydrogen) atoms. The van der Waals surface area contributed by atoms with Crippen LogP contribution in [0.5, 0.6) is 0 Å². The van der Waals surface area contributed by atoms with Crippen molar-refractivity contribution in [1.29, 1.82) is 0 Å². The number of rotatable bonds is 6. The van der Waals surface area contributed by atoms with Gasteiger partial charge in [0.1, 0.15) is 0 Å². The van der Waals surface area contributed by atoms with Crippen LogP contribution >= 0.6 is 0 Å². The molecule has 0 unspecified atom stereocenters. The van der Waals surface area contributed by atoms with Crippen LogP contribution in [0.25, 0.3) is 0 Å². The van der Waals surface area contributed by atoms with Crippen molar-refractivity contribution >= 4 is 0 Å². The van der Waals surface area contributed by atoms with Gasteiger partial charge in [-0.1, -0.05) is 6.92 Å². The first-order valence-corrected chi connectivity index (χ1v) is 3.61. The molecule has 0 aliphatic heterocycles. The lowest BCUT2D eigenvalue weighted by atomic mass is 10.2. The SMILES string of the molecule is COCCNC[C@@H](C)CO. The van der Waals surface area contributed by atoms with Gasteiger partial charge in [0.2, 0.25) is 0 Å². The standard InChI is InChI=1S/C7H17NO2/c1-7(6-9)5-8-3-4-10-2/h7-9H,3-6H2,1-2H3/t7-/m1/s1. The Balaban J connectivity index is 2.89. The van der Waals surface area contributed by atoms with Gasteiger partial charge in [-0.3, -0.25) is 0 Å². The van der Waals surface area contributed by atoms with Gasteiger partial charge in [-0.15, -0.1) is 0 Å². The van der Waals surface area contributed by atoms with E-state index in [0.717, 1.165) is 19.7 Å². The molecule has 0 aromatic rings. The molecule has 3 nitrogen and oxygen atoms in total. The third-order valence-corrected chi connectivity index (χ3v) is 1.29. The van der Waals surface area contributed by atoms with Crippen LogP contribution in [0.2, 0.25) is 0 Å². The Morgan fingerprint density at radius 2 is 2.30 bits per heavy atom. The Morgan fingerprint density at radius 1 is 1.60 bits per heavy atom. The second kappa shape index (κ2) is 6.99. The molecule has 0 radical (unpaired) electrons. The van der Waals surface area contributed by atoms with Crippen LogP contribution < -0.4 is 5.32 Å². The zero-order valence-electron chi connectivity index (χ0n) is 6.76. The van der Waals surface area contributed by atoms with Gasteiger partial charge < -0.3 is 15.2 Å². The second-order valence-corrected chi connectivity index (χ2v) is 2.48. The van der Waals surface area contributed by atoms with E-state index in [0.29, 0.717) is 5.92 Å². The first-order valence-electron chi connectivity index (χ1n) is 3.61. The van der Waals surface area contributed by atoms with E-state index in [4.69, 9.17) is 9.84 Å². The van der Waals surface area contributed by atoms with Crippen LogP contribution in [-0.2, 0) is 4.74 Å². The Hall–Kier alpha value is -0.120. The van der Waals surface area contributed by atoms with Crippen LogP contribution in [0, 0.1) is 5.92 Å². The third kappa shape index (κ3) is 6.01. The van der Waals surface area contributed by atoms with Crippen molar-refractivity contribution in [1.82, 2.24) is 5.32 Å². The zero-order chi connectivity index (χ0) is 7.82. The minimum absolute atomic E-state index is 0.250. The normalized spacial score (nSPS) is 13.5. The molecule has 0 aromatic heterocycles. The Morgan fingerprint density at radius 3 is 2.80 bits per heavy atom. The number of hydrogen-bond donors (Lipinski definition) is 2. The fourth-order valence-corrected chi connectivity index (χ4v) is 0.587. The van der Waals surface area contributed by atoms with Gasteiger partial charge in [0, 0.05) is 20.3 Å². The summed E-state index contributed by atoms with van der Waals surface area (Å²) in [6.45, 7) is 4.71. The van der Waals surface area contributed by atoms with E-state index < -0.39 is 0 Å². The van der Waals surface area contributed by atoms with Crippen molar-refractivity contribution in [3.63, 3.8) is 0 Å². The summed E-state index contributed by atoms with van der Waals surface area (Å²) in [5.74, 6) is 0.344. The van der Waals surface area contributed by atoms with E-state index in [9.17, 15) is 0 Å². The summed E-state index contributed by atoms with van der Waals surface area (Å²) < 4.78 is 4.83. The van der Waals surface area contributed by atoms with Crippen molar-refractivity contribution in [3.8, 4) is 0 Å². The molecule has 1 atom stereocenters. The van der Waals surface area contributed by atoms with E-state index >= 15 is 0 Å². The molecule has 62 valence electrons. The molecule has 2 N–H and O–H groups in total. The summed E-state index contributed by atoms with van der Waals surface area (Å²) in [6, 6.07) is 0. The number of aliphatic hydroxyl groups excluding tert-OH is 1. The fourth-order valence-electron chi connectivity index (χ4n) is 0.587. The number of nitrogens with one attached hydrogen (secondary N) is 1. The van der Waals surface area contributed by atoms with Crippen LogP contribution in [0.4, 0.5) is 0 Å². The van der Waals surface area contributed by atoms with E-state index in [2.05, 4.69) is 5.32 Å². The molecule has 0 aliphatic carbocycles. The van der Waals surface area contributed by atoms with Crippen molar-refractivity contribution in [2.45, 2.75) is 6.92 Å². The summed E-state index contributed by atoms with van der Waals surface area (Å²) in [7, 11) is 1.68. The van der Waals surface area contributed by atoms with Gasteiger partial charge in [0.05, 0.1) is 6.61 Å².